The first-order valence-electron chi connectivity index (χ1n) is 9.13. The Bertz CT molecular complexity index is 649. The van der Waals surface area contributed by atoms with Gasteiger partial charge in [-0.2, -0.15) is 0 Å². The van der Waals surface area contributed by atoms with E-state index < -0.39 is 25.3 Å². The van der Waals surface area contributed by atoms with E-state index in [0.717, 1.165) is 5.56 Å². The van der Waals surface area contributed by atoms with Crippen molar-refractivity contribution in [3.63, 3.8) is 0 Å². The molecular weight excluding hydrogens is 367 g/mol. The van der Waals surface area contributed by atoms with Gasteiger partial charge in [-0.05, 0) is 47.1 Å². The van der Waals surface area contributed by atoms with Gasteiger partial charge < -0.3 is 19.7 Å². The van der Waals surface area contributed by atoms with Gasteiger partial charge in [0.15, 0.2) is 0 Å². The van der Waals surface area contributed by atoms with Crippen LogP contribution >= 0.6 is 7.60 Å². The summed E-state index contributed by atoms with van der Waals surface area (Å²) in [7, 11) is -3.55. The molecule has 1 unspecified atom stereocenters. The monoisotopic (exact) mass is 398 g/mol. The fourth-order valence-electron chi connectivity index (χ4n) is 2.34. The van der Waals surface area contributed by atoms with Gasteiger partial charge in [0.25, 0.3) is 0 Å². The predicted octanol–water partition coefficient (Wildman–Crippen LogP) is 3.24. The number of amides is 2. The highest BCUT2D eigenvalue weighted by Gasteiger charge is 2.36. The van der Waals surface area contributed by atoms with Gasteiger partial charge >= 0.3 is 7.60 Å². The summed E-state index contributed by atoms with van der Waals surface area (Å²) in [6, 6.07) is 8.47. The Morgan fingerprint density at radius 3 is 1.93 bits per heavy atom. The lowest BCUT2D eigenvalue weighted by Crippen LogP contribution is -2.48. The van der Waals surface area contributed by atoms with E-state index in [1.165, 1.54) is 0 Å². The highest BCUT2D eigenvalue weighted by atomic mass is 31.2. The molecule has 0 heterocycles. The van der Waals surface area contributed by atoms with Gasteiger partial charge in [0.2, 0.25) is 11.8 Å². The molecule has 0 bridgehead atoms. The maximum atomic E-state index is 13.0. The molecule has 0 aromatic heterocycles. The van der Waals surface area contributed by atoms with Crippen molar-refractivity contribution in [2.45, 2.75) is 72.0 Å². The van der Waals surface area contributed by atoms with E-state index in [2.05, 4.69) is 10.6 Å². The molecule has 0 fully saturated rings. The minimum Gasteiger partial charge on any atom is -0.344 e. The molecule has 0 saturated carbocycles. The molecule has 8 heteroatoms. The van der Waals surface area contributed by atoms with Gasteiger partial charge in [-0.25, -0.2) is 0 Å². The topological polar surface area (TPSA) is 93.7 Å². The Labute approximate surface area is 161 Å². The average molecular weight is 398 g/mol. The third-order valence-electron chi connectivity index (χ3n) is 3.52. The van der Waals surface area contributed by atoms with Crippen LogP contribution in [0.5, 0.6) is 0 Å². The van der Waals surface area contributed by atoms with Crippen LogP contribution in [0.3, 0.4) is 0 Å². The molecule has 152 valence electrons. The first-order chi connectivity index (χ1) is 12.5. The summed E-state index contributed by atoms with van der Waals surface area (Å²) in [6.07, 6.45) is -0.465. The second-order valence-electron chi connectivity index (χ2n) is 6.98. The predicted molar refractivity (Wildman–Crippen MR) is 105 cm³/mol. The molecule has 0 radical (unpaired) electrons. The van der Waals surface area contributed by atoms with Crippen LogP contribution in [0.1, 0.15) is 47.1 Å². The third-order valence-corrected chi connectivity index (χ3v) is 6.03. The second-order valence-corrected chi connectivity index (χ2v) is 9.26. The molecule has 0 spiro atoms. The summed E-state index contributed by atoms with van der Waals surface area (Å²) in [4.78, 5) is 24.5. The van der Waals surface area contributed by atoms with Crippen molar-refractivity contribution in [2.75, 3.05) is 0 Å². The number of rotatable bonds is 10. The van der Waals surface area contributed by atoms with E-state index in [0.29, 0.717) is 0 Å². The molecule has 0 aliphatic carbocycles. The summed E-state index contributed by atoms with van der Waals surface area (Å²) >= 11 is 0. The molecule has 0 aliphatic rings. The summed E-state index contributed by atoms with van der Waals surface area (Å²) in [5.74, 6) is -1.57. The number of carbonyl (C=O) groups excluding carboxylic acids is 2. The van der Waals surface area contributed by atoms with Crippen molar-refractivity contribution >= 4 is 19.4 Å². The molecule has 1 aromatic carbocycles. The Kier molecular flexibility index (Phi) is 9.16. The molecule has 2 amide bonds. The lowest BCUT2D eigenvalue weighted by atomic mass is 10.1. The maximum absolute atomic E-state index is 13.0. The van der Waals surface area contributed by atoms with Gasteiger partial charge in [0.1, 0.15) is 11.8 Å². The van der Waals surface area contributed by atoms with Crippen molar-refractivity contribution in [1.82, 2.24) is 10.6 Å². The molecule has 27 heavy (non-hydrogen) atoms. The minimum absolute atomic E-state index is 0.180. The normalized spacial score (nSPS) is 14.1. The summed E-state index contributed by atoms with van der Waals surface area (Å²) in [6.45, 7) is 10.1. The molecule has 0 aliphatic heterocycles. The van der Waals surface area contributed by atoms with Crippen molar-refractivity contribution in [2.24, 2.45) is 0 Å². The number of nitrogens with one attached hydrogen (secondary N) is 2. The van der Waals surface area contributed by atoms with E-state index in [-0.39, 0.29) is 24.5 Å². The van der Waals surface area contributed by atoms with E-state index in [1.54, 1.807) is 41.5 Å². The quantitative estimate of drug-likeness (QED) is 0.590. The van der Waals surface area contributed by atoms with E-state index in [9.17, 15) is 14.2 Å². The molecule has 0 saturated heterocycles. The van der Waals surface area contributed by atoms with Crippen LogP contribution in [0.2, 0.25) is 0 Å². The SMILES string of the molecule is CC(C)OP(=O)(OC(C)C)C(C)NC(=O)[C@@H](C)NC(=O)Cc1ccccc1. The van der Waals surface area contributed by atoms with Crippen LogP contribution in [0, 0.1) is 0 Å². The summed E-state index contributed by atoms with van der Waals surface area (Å²) in [5.41, 5.74) is 0.858. The zero-order valence-electron chi connectivity index (χ0n) is 16.9. The van der Waals surface area contributed by atoms with Crippen LogP contribution in [0.4, 0.5) is 0 Å². The number of hydrogen-bond donors (Lipinski definition) is 2. The summed E-state index contributed by atoms with van der Waals surface area (Å²) in [5, 5.41) is 5.28. The van der Waals surface area contributed by atoms with Crippen molar-refractivity contribution < 1.29 is 23.2 Å². The molecule has 7 nitrogen and oxygen atoms in total. The molecule has 1 rings (SSSR count). The van der Waals surface area contributed by atoms with Gasteiger partial charge in [0.05, 0.1) is 18.6 Å². The van der Waals surface area contributed by atoms with Crippen molar-refractivity contribution in [1.29, 1.82) is 0 Å². The fourth-order valence-corrected chi connectivity index (χ4v) is 4.22. The Morgan fingerprint density at radius 2 is 1.44 bits per heavy atom. The Morgan fingerprint density at radius 1 is 0.926 bits per heavy atom. The van der Waals surface area contributed by atoms with E-state index >= 15 is 0 Å². The molecule has 1 aromatic rings. The maximum Gasteiger partial charge on any atom is 0.352 e. The summed E-state index contributed by atoms with van der Waals surface area (Å²) < 4.78 is 24.0. The Balaban J connectivity index is 2.66. The zero-order chi connectivity index (χ0) is 20.6. The van der Waals surface area contributed by atoms with Crippen molar-refractivity contribution in [3.8, 4) is 0 Å². The molecular formula is C19H31N2O5P. The first-order valence-corrected chi connectivity index (χ1v) is 10.7. The van der Waals surface area contributed by atoms with Crippen LogP contribution in [-0.4, -0.2) is 35.8 Å². The van der Waals surface area contributed by atoms with Gasteiger partial charge in [-0.1, -0.05) is 30.3 Å². The zero-order valence-corrected chi connectivity index (χ0v) is 17.8. The minimum atomic E-state index is -3.55. The molecule has 2 atom stereocenters. The lowest BCUT2D eigenvalue weighted by molar-refractivity contribution is -0.128. The van der Waals surface area contributed by atoms with Gasteiger partial charge in [-0.3, -0.25) is 14.2 Å². The van der Waals surface area contributed by atoms with Crippen LogP contribution in [0.15, 0.2) is 30.3 Å². The standard InChI is InChI=1S/C19H31N2O5P/c1-13(2)25-27(24,26-14(3)4)16(6)21-19(23)15(5)20-18(22)12-17-10-8-7-9-11-17/h7-11,13-16H,12H2,1-6H3,(H,20,22)(H,21,23)/t15-,16?/m1/s1. The smallest absolute Gasteiger partial charge is 0.344 e. The van der Waals surface area contributed by atoms with E-state index in [1.807, 2.05) is 30.3 Å². The van der Waals surface area contributed by atoms with Crippen molar-refractivity contribution in [3.05, 3.63) is 35.9 Å². The van der Waals surface area contributed by atoms with Crippen LogP contribution in [0.25, 0.3) is 0 Å². The lowest BCUT2D eigenvalue weighted by Gasteiger charge is -2.29. The third kappa shape index (κ3) is 8.24. The van der Waals surface area contributed by atoms with Gasteiger partial charge in [-0.15, -0.1) is 0 Å². The highest BCUT2D eigenvalue weighted by molar-refractivity contribution is 7.54. The first kappa shape index (κ1) is 23.3. The average Bonchev–Trinajstić information content (AvgIpc) is 2.53. The number of carbonyl (C=O) groups is 2. The van der Waals surface area contributed by atoms with Crippen LogP contribution < -0.4 is 10.6 Å². The van der Waals surface area contributed by atoms with Gasteiger partial charge in [0, 0.05) is 0 Å². The van der Waals surface area contributed by atoms with Crippen LogP contribution in [-0.2, 0) is 29.6 Å². The fraction of sp³-hybridized carbons (Fsp3) is 0.579. The number of benzene rings is 1. The largest absolute Gasteiger partial charge is 0.352 e. The second kappa shape index (κ2) is 10.6. The molecule has 2 N–H and O–H groups in total. The highest BCUT2D eigenvalue weighted by Crippen LogP contribution is 2.53. The van der Waals surface area contributed by atoms with E-state index in [4.69, 9.17) is 9.05 Å². The number of hydrogen-bond acceptors (Lipinski definition) is 5. The Hall–Kier alpha value is -1.69.